The van der Waals surface area contributed by atoms with Crippen molar-refractivity contribution in [2.45, 2.75) is 18.3 Å². The average molecular weight is 253 g/mol. The van der Waals surface area contributed by atoms with Gasteiger partial charge in [-0.3, -0.25) is 0 Å². The summed E-state index contributed by atoms with van der Waals surface area (Å²) in [7, 11) is 0. The maximum absolute atomic E-state index is 12.7. The quantitative estimate of drug-likeness (QED) is 0.728. The molecule has 2 rings (SSSR count). The Hall–Kier alpha value is 0.671. The third-order valence-corrected chi connectivity index (χ3v) is 2.91. The first-order valence-corrected chi connectivity index (χ1v) is 5.07. The second kappa shape index (κ2) is 6.02. The summed E-state index contributed by atoms with van der Waals surface area (Å²) < 4.78 is 38.2. The van der Waals surface area contributed by atoms with Crippen LogP contribution in [0.5, 0.6) is 0 Å². The van der Waals surface area contributed by atoms with E-state index in [0.29, 0.717) is 6.54 Å². The maximum atomic E-state index is 12.7. The summed E-state index contributed by atoms with van der Waals surface area (Å²) in [5.74, 6) is -1.19. The minimum absolute atomic E-state index is 0. The van der Waals surface area contributed by atoms with Crippen LogP contribution in [0.4, 0.5) is 12.9 Å². The van der Waals surface area contributed by atoms with Gasteiger partial charge >= 0.3 is 58.4 Å². The molecule has 0 radical (unpaired) electrons. The van der Waals surface area contributed by atoms with E-state index in [2.05, 4.69) is 5.32 Å². The molecular weight excluding hydrogens is 241 g/mol. The minimum atomic E-state index is -4.75. The monoisotopic (exact) mass is 253 g/mol. The van der Waals surface area contributed by atoms with Crippen LogP contribution in [0.25, 0.3) is 0 Å². The first-order valence-electron chi connectivity index (χ1n) is 5.07. The number of hydrogen-bond donors (Lipinski definition) is 1. The molecule has 82 valence electrons. The van der Waals surface area contributed by atoms with E-state index >= 15 is 0 Å². The zero-order valence-electron chi connectivity index (χ0n) is 9.17. The first kappa shape index (κ1) is 14.7. The molecular formula is C10H12BF3KN. The Morgan fingerprint density at radius 1 is 1.12 bits per heavy atom. The molecule has 1 aromatic carbocycles. The molecule has 16 heavy (non-hydrogen) atoms. The molecule has 1 saturated heterocycles. The van der Waals surface area contributed by atoms with Crippen LogP contribution in [0.1, 0.15) is 18.0 Å². The SMILES string of the molecule is F[B-](F)(F)[C@@H]1CCN[C@@H]1c1ccccc1.[K+]. The first-order chi connectivity index (χ1) is 7.09. The van der Waals surface area contributed by atoms with Crippen LogP contribution < -0.4 is 56.7 Å². The molecule has 6 heteroatoms. The second-order valence-electron chi connectivity index (χ2n) is 3.92. The van der Waals surface area contributed by atoms with Crippen molar-refractivity contribution in [3.8, 4) is 0 Å². The molecule has 0 saturated carbocycles. The molecule has 0 amide bonds. The molecule has 0 aromatic heterocycles. The summed E-state index contributed by atoms with van der Waals surface area (Å²) in [6, 6.07) is 8.30. The summed E-state index contributed by atoms with van der Waals surface area (Å²) in [4.78, 5) is 0. The van der Waals surface area contributed by atoms with Crippen molar-refractivity contribution >= 4 is 6.98 Å². The molecule has 1 heterocycles. The predicted molar refractivity (Wildman–Crippen MR) is 54.6 cm³/mol. The van der Waals surface area contributed by atoms with Crippen molar-refractivity contribution in [2.24, 2.45) is 0 Å². The minimum Gasteiger partial charge on any atom is -0.449 e. The Labute approximate surface area is 136 Å². The van der Waals surface area contributed by atoms with E-state index in [0.717, 1.165) is 5.56 Å². The standard InChI is InChI=1S/C10H12BF3N.K/c12-11(13,14)9-6-7-15-10(9)8-4-2-1-3-5-8;/h1-5,9-10,15H,6-7H2;/q-1;+1/t9-,10-;/m1./s1. The van der Waals surface area contributed by atoms with Crippen LogP contribution in [-0.2, 0) is 0 Å². The summed E-state index contributed by atoms with van der Waals surface area (Å²) in [6.45, 7) is -4.30. The molecule has 1 fully saturated rings. The third-order valence-electron chi connectivity index (χ3n) is 2.91. The predicted octanol–water partition coefficient (Wildman–Crippen LogP) is -0.0574. The zero-order valence-corrected chi connectivity index (χ0v) is 12.3. The fourth-order valence-electron chi connectivity index (χ4n) is 2.16. The Kier molecular flexibility index (Phi) is 5.54. The van der Waals surface area contributed by atoms with Crippen molar-refractivity contribution in [3.63, 3.8) is 0 Å². The third kappa shape index (κ3) is 3.34. The van der Waals surface area contributed by atoms with E-state index in [-0.39, 0.29) is 57.8 Å². The van der Waals surface area contributed by atoms with E-state index in [1.54, 1.807) is 24.3 Å². The molecule has 0 unspecified atom stereocenters. The fourth-order valence-corrected chi connectivity index (χ4v) is 2.16. The maximum Gasteiger partial charge on any atom is 1.00 e. The van der Waals surface area contributed by atoms with E-state index in [1.165, 1.54) is 0 Å². The van der Waals surface area contributed by atoms with Gasteiger partial charge in [-0.15, -0.1) is 0 Å². The molecule has 0 spiro atoms. The van der Waals surface area contributed by atoms with E-state index in [9.17, 15) is 12.9 Å². The summed E-state index contributed by atoms with van der Waals surface area (Å²) >= 11 is 0. The van der Waals surface area contributed by atoms with Gasteiger partial charge in [0.15, 0.2) is 0 Å². The molecule has 1 aromatic rings. The fraction of sp³-hybridized carbons (Fsp3) is 0.400. The van der Waals surface area contributed by atoms with Crippen LogP contribution >= 0.6 is 0 Å². The number of nitrogens with one attached hydrogen (secondary N) is 1. The van der Waals surface area contributed by atoms with Gasteiger partial charge in [0.05, 0.1) is 0 Å². The number of rotatable bonds is 2. The van der Waals surface area contributed by atoms with Crippen molar-refractivity contribution in [1.82, 2.24) is 5.32 Å². The topological polar surface area (TPSA) is 12.0 Å². The van der Waals surface area contributed by atoms with Crippen molar-refractivity contribution < 1.29 is 64.3 Å². The van der Waals surface area contributed by atoms with E-state index in [4.69, 9.17) is 0 Å². The number of hydrogen-bond acceptors (Lipinski definition) is 1. The summed E-state index contributed by atoms with van der Waals surface area (Å²) in [5.41, 5.74) is 0.735. The smallest absolute Gasteiger partial charge is 0.449 e. The number of halogens is 3. The summed E-state index contributed by atoms with van der Waals surface area (Å²) in [5, 5.41) is 2.93. The van der Waals surface area contributed by atoms with Crippen LogP contribution in [0.3, 0.4) is 0 Å². The summed E-state index contributed by atoms with van der Waals surface area (Å²) in [6.07, 6.45) is 0.197. The van der Waals surface area contributed by atoms with Crippen molar-refractivity contribution in [1.29, 1.82) is 0 Å². The average Bonchev–Trinajstić information content (AvgIpc) is 2.67. The Bertz CT molecular complexity index is 331. The van der Waals surface area contributed by atoms with Gasteiger partial charge in [0, 0.05) is 6.04 Å². The van der Waals surface area contributed by atoms with Gasteiger partial charge in [-0.05, 0) is 12.1 Å². The molecule has 2 atom stereocenters. The van der Waals surface area contributed by atoms with Gasteiger partial charge < -0.3 is 18.3 Å². The molecule has 1 aliphatic heterocycles. The Balaban J connectivity index is 0.00000128. The molecule has 1 N–H and O–H groups in total. The number of benzene rings is 1. The van der Waals surface area contributed by atoms with Gasteiger partial charge in [-0.1, -0.05) is 42.6 Å². The van der Waals surface area contributed by atoms with Gasteiger partial charge in [0.2, 0.25) is 0 Å². The van der Waals surface area contributed by atoms with Gasteiger partial charge in [0.1, 0.15) is 0 Å². The normalized spacial score (nSPS) is 25.2. The largest absolute Gasteiger partial charge is 1.00 e. The van der Waals surface area contributed by atoms with E-state index in [1.807, 2.05) is 6.07 Å². The van der Waals surface area contributed by atoms with Gasteiger partial charge in [-0.2, -0.15) is 0 Å². The second-order valence-corrected chi connectivity index (χ2v) is 3.92. The Morgan fingerprint density at radius 2 is 1.75 bits per heavy atom. The van der Waals surface area contributed by atoms with Crippen LogP contribution in [0.2, 0.25) is 5.82 Å². The zero-order chi connectivity index (χ0) is 10.9. The Morgan fingerprint density at radius 3 is 2.31 bits per heavy atom. The van der Waals surface area contributed by atoms with Gasteiger partial charge in [-0.25, -0.2) is 0 Å². The van der Waals surface area contributed by atoms with Crippen molar-refractivity contribution in [2.75, 3.05) is 6.54 Å². The van der Waals surface area contributed by atoms with Gasteiger partial charge in [0.25, 0.3) is 0 Å². The van der Waals surface area contributed by atoms with Crippen LogP contribution in [0.15, 0.2) is 30.3 Å². The van der Waals surface area contributed by atoms with Crippen LogP contribution in [0, 0.1) is 0 Å². The molecule has 0 bridgehead atoms. The molecule has 0 aliphatic carbocycles. The van der Waals surface area contributed by atoms with E-state index < -0.39 is 18.8 Å². The molecule has 1 nitrogen and oxygen atoms in total. The molecule has 1 aliphatic rings. The van der Waals surface area contributed by atoms with Crippen LogP contribution in [-0.4, -0.2) is 13.5 Å². The van der Waals surface area contributed by atoms with Crippen molar-refractivity contribution in [3.05, 3.63) is 35.9 Å².